The number of ether oxygens (including phenoxy) is 1. The van der Waals surface area contributed by atoms with Crippen molar-refractivity contribution in [2.45, 2.75) is 19.8 Å². The number of methoxy groups -OCH3 is 1. The Morgan fingerprint density at radius 2 is 2.15 bits per heavy atom. The smallest absolute Gasteiger partial charge is 0.118 e. The molecule has 0 bridgehead atoms. The molecule has 0 saturated heterocycles. The molecule has 0 atom stereocenters. The molecule has 1 aromatic rings. The van der Waals surface area contributed by atoms with Crippen LogP contribution in [-0.4, -0.2) is 18.8 Å². The zero-order valence-electron chi connectivity index (χ0n) is 8.21. The van der Waals surface area contributed by atoms with Gasteiger partial charge in [-0.3, -0.25) is 0 Å². The van der Waals surface area contributed by atoms with E-state index in [9.17, 15) is 5.11 Å². The largest absolute Gasteiger partial charge is 0.508 e. The van der Waals surface area contributed by atoms with Crippen molar-refractivity contribution in [2.24, 2.45) is 0 Å². The molecule has 0 saturated carbocycles. The van der Waals surface area contributed by atoms with E-state index in [4.69, 9.17) is 4.74 Å². The van der Waals surface area contributed by atoms with Crippen LogP contribution in [0, 0.1) is 0 Å². The van der Waals surface area contributed by atoms with E-state index in [1.807, 2.05) is 19.1 Å². The van der Waals surface area contributed by atoms with Crippen molar-refractivity contribution in [3.63, 3.8) is 0 Å². The molecule has 1 aromatic carbocycles. The Balaban J connectivity index is 2.74. The Hall–Kier alpha value is -1.02. The standard InChI is InChI=1S/C11H16O2/c1-3-10-8-9(6-7-13-2)4-5-11(10)12/h4-5,8,12H,3,6-7H2,1-2H3. The summed E-state index contributed by atoms with van der Waals surface area (Å²) >= 11 is 0. The van der Waals surface area contributed by atoms with Crippen LogP contribution in [0.25, 0.3) is 0 Å². The third kappa shape index (κ3) is 2.74. The van der Waals surface area contributed by atoms with Crippen molar-refractivity contribution in [3.05, 3.63) is 29.3 Å². The molecule has 72 valence electrons. The van der Waals surface area contributed by atoms with E-state index in [1.165, 1.54) is 5.56 Å². The van der Waals surface area contributed by atoms with Gasteiger partial charge < -0.3 is 9.84 Å². The zero-order chi connectivity index (χ0) is 9.68. The topological polar surface area (TPSA) is 29.5 Å². The van der Waals surface area contributed by atoms with E-state index in [0.29, 0.717) is 5.75 Å². The number of phenols is 1. The summed E-state index contributed by atoms with van der Waals surface area (Å²) in [6.45, 7) is 2.77. The van der Waals surface area contributed by atoms with E-state index in [1.54, 1.807) is 13.2 Å². The molecule has 0 aliphatic carbocycles. The number of rotatable bonds is 4. The predicted molar refractivity (Wildman–Crippen MR) is 53.1 cm³/mol. The van der Waals surface area contributed by atoms with Crippen molar-refractivity contribution >= 4 is 0 Å². The minimum absolute atomic E-state index is 0.392. The summed E-state index contributed by atoms with van der Waals surface area (Å²) in [6.07, 6.45) is 1.77. The van der Waals surface area contributed by atoms with Crippen molar-refractivity contribution in [2.75, 3.05) is 13.7 Å². The van der Waals surface area contributed by atoms with Gasteiger partial charge in [0.15, 0.2) is 0 Å². The van der Waals surface area contributed by atoms with Gasteiger partial charge in [-0.2, -0.15) is 0 Å². The van der Waals surface area contributed by atoms with Gasteiger partial charge in [-0.15, -0.1) is 0 Å². The Morgan fingerprint density at radius 1 is 1.38 bits per heavy atom. The Bertz CT molecular complexity index is 269. The lowest BCUT2D eigenvalue weighted by atomic mass is 10.1. The second-order valence-electron chi connectivity index (χ2n) is 3.06. The highest BCUT2D eigenvalue weighted by atomic mass is 16.5. The van der Waals surface area contributed by atoms with Crippen LogP contribution < -0.4 is 0 Å². The Labute approximate surface area is 79.2 Å². The first kappa shape index (κ1) is 10.1. The fraction of sp³-hybridized carbons (Fsp3) is 0.455. The van der Waals surface area contributed by atoms with E-state index in [-0.39, 0.29) is 0 Å². The molecule has 0 amide bonds. The number of hydrogen-bond acceptors (Lipinski definition) is 2. The SMILES string of the molecule is CCc1cc(CCOC)ccc1O. The van der Waals surface area contributed by atoms with Crippen LogP contribution in [0.4, 0.5) is 0 Å². The lowest BCUT2D eigenvalue weighted by Crippen LogP contribution is -1.95. The summed E-state index contributed by atoms with van der Waals surface area (Å²) in [5.74, 6) is 0.392. The second kappa shape index (κ2) is 4.87. The highest BCUT2D eigenvalue weighted by molar-refractivity contribution is 5.36. The number of hydrogen-bond donors (Lipinski definition) is 1. The van der Waals surface area contributed by atoms with Crippen LogP contribution >= 0.6 is 0 Å². The van der Waals surface area contributed by atoms with Crippen LogP contribution in [0.1, 0.15) is 18.1 Å². The number of phenolic OH excluding ortho intramolecular Hbond substituents is 1. The molecule has 0 aromatic heterocycles. The van der Waals surface area contributed by atoms with Gasteiger partial charge in [0.2, 0.25) is 0 Å². The molecule has 0 aliphatic rings. The Kier molecular flexibility index (Phi) is 3.77. The lowest BCUT2D eigenvalue weighted by molar-refractivity contribution is 0.202. The summed E-state index contributed by atoms with van der Waals surface area (Å²) in [6, 6.07) is 5.73. The maximum Gasteiger partial charge on any atom is 0.118 e. The van der Waals surface area contributed by atoms with E-state index >= 15 is 0 Å². The highest BCUT2D eigenvalue weighted by Gasteiger charge is 2.00. The van der Waals surface area contributed by atoms with Gasteiger partial charge in [-0.1, -0.05) is 19.1 Å². The van der Waals surface area contributed by atoms with Crippen molar-refractivity contribution < 1.29 is 9.84 Å². The minimum atomic E-state index is 0.392. The first-order valence-corrected chi connectivity index (χ1v) is 4.57. The summed E-state index contributed by atoms with van der Waals surface area (Å²) < 4.78 is 4.99. The van der Waals surface area contributed by atoms with Crippen LogP contribution in [0.5, 0.6) is 5.75 Å². The summed E-state index contributed by atoms with van der Waals surface area (Å²) in [4.78, 5) is 0. The number of benzene rings is 1. The summed E-state index contributed by atoms with van der Waals surface area (Å²) in [5, 5.41) is 9.43. The second-order valence-corrected chi connectivity index (χ2v) is 3.06. The molecule has 2 heteroatoms. The van der Waals surface area contributed by atoms with Gasteiger partial charge in [-0.05, 0) is 30.0 Å². The van der Waals surface area contributed by atoms with E-state index in [0.717, 1.165) is 25.0 Å². The molecule has 0 heterocycles. The molecule has 2 nitrogen and oxygen atoms in total. The minimum Gasteiger partial charge on any atom is -0.508 e. The molecule has 0 radical (unpaired) electrons. The van der Waals surface area contributed by atoms with Crippen LogP contribution in [0.2, 0.25) is 0 Å². The third-order valence-electron chi connectivity index (χ3n) is 2.12. The number of aryl methyl sites for hydroxylation is 1. The maximum absolute atomic E-state index is 9.43. The van der Waals surface area contributed by atoms with Crippen molar-refractivity contribution in [1.29, 1.82) is 0 Å². The molecule has 0 fully saturated rings. The fourth-order valence-electron chi connectivity index (χ4n) is 1.30. The summed E-state index contributed by atoms with van der Waals surface area (Å²) in [7, 11) is 1.70. The zero-order valence-corrected chi connectivity index (χ0v) is 8.21. The molecular formula is C11H16O2. The Morgan fingerprint density at radius 3 is 2.77 bits per heavy atom. The first-order valence-electron chi connectivity index (χ1n) is 4.57. The van der Waals surface area contributed by atoms with Gasteiger partial charge in [0, 0.05) is 7.11 Å². The molecule has 0 unspecified atom stereocenters. The molecular weight excluding hydrogens is 164 g/mol. The predicted octanol–water partition coefficient (Wildman–Crippen LogP) is 2.14. The molecule has 0 aliphatic heterocycles. The molecule has 0 spiro atoms. The third-order valence-corrected chi connectivity index (χ3v) is 2.12. The molecule has 1 N–H and O–H groups in total. The van der Waals surface area contributed by atoms with Gasteiger partial charge in [0.25, 0.3) is 0 Å². The lowest BCUT2D eigenvalue weighted by Gasteiger charge is -2.05. The molecule has 1 rings (SSSR count). The number of aromatic hydroxyl groups is 1. The first-order chi connectivity index (χ1) is 6.27. The van der Waals surface area contributed by atoms with Gasteiger partial charge in [-0.25, -0.2) is 0 Å². The van der Waals surface area contributed by atoms with Gasteiger partial charge >= 0.3 is 0 Å². The average molecular weight is 180 g/mol. The van der Waals surface area contributed by atoms with Crippen molar-refractivity contribution in [3.8, 4) is 5.75 Å². The summed E-state index contributed by atoms with van der Waals surface area (Å²) in [5.41, 5.74) is 2.23. The van der Waals surface area contributed by atoms with Crippen LogP contribution in [0.15, 0.2) is 18.2 Å². The average Bonchev–Trinajstić information content (AvgIpc) is 2.16. The normalized spacial score (nSPS) is 10.3. The molecule has 13 heavy (non-hydrogen) atoms. The quantitative estimate of drug-likeness (QED) is 0.769. The monoisotopic (exact) mass is 180 g/mol. The highest BCUT2D eigenvalue weighted by Crippen LogP contribution is 2.19. The van der Waals surface area contributed by atoms with E-state index < -0.39 is 0 Å². The fourth-order valence-corrected chi connectivity index (χ4v) is 1.30. The van der Waals surface area contributed by atoms with Gasteiger partial charge in [0.1, 0.15) is 5.75 Å². The van der Waals surface area contributed by atoms with Crippen LogP contribution in [-0.2, 0) is 17.6 Å². The maximum atomic E-state index is 9.43. The van der Waals surface area contributed by atoms with Crippen LogP contribution in [0.3, 0.4) is 0 Å². The van der Waals surface area contributed by atoms with E-state index in [2.05, 4.69) is 0 Å². The van der Waals surface area contributed by atoms with Gasteiger partial charge in [0.05, 0.1) is 6.61 Å². The van der Waals surface area contributed by atoms with Crippen molar-refractivity contribution in [1.82, 2.24) is 0 Å².